The number of aromatic nitrogens is 3. The fraction of sp³-hybridized carbons (Fsp3) is 0.120. The van der Waals surface area contributed by atoms with Gasteiger partial charge >= 0.3 is 0 Å². The van der Waals surface area contributed by atoms with Crippen LogP contribution in [0.25, 0.3) is 17.1 Å². The van der Waals surface area contributed by atoms with Crippen LogP contribution in [0.1, 0.15) is 12.5 Å². The van der Waals surface area contributed by atoms with Crippen LogP contribution < -0.4 is 10.2 Å². The number of carbonyl (C=O) groups is 1. The van der Waals surface area contributed by atoms with Crippen molar-refractivity contribution in [2.24, 2.45) is 5.10 Å². The van der Waals surface area contributed by atoms with Gasteiger partial charge in [-0.2, -0.15) is 5.10 Å². The van der Waals surface area contributed by atoms with Gasteiger partial charge in [0.25, 0.3) is 5.91 Å². The third-order valence-electron chi connectivity index (χ3n) is 4.75. The zero-order chi connectivity index (χ0) is 24.6. The molecule has 178 valence electrons. The molecule has 0 bridgehead atoms. The Morgan fingerprint density at radius 1 is 1.06 bits per heavy atom. The maximum absolute atomic E-state index is 12.4. The van der Waals surface area contributed by atoms with Crippen LogP contribution in [-0.4, -0.2) is 39.2 Å². The number of nitrogens with zero attached hydrogens (tertiary/aromatic N) is 4. The van der Waals surface area contributed by atoms with Crippen molar-refractivity contribution in [2.75, 3.05) is 12.4 Å². The van der Waals surface area contributed by atoms with Gasteiger partial charge in [0.1, 0.15) is 5.75 Å². The molecule has 0 aliphatic carbocycles. The van der Waals surface area contributed by atoms with Crippen molar-refractivity contribution in [2.45, 2.75) is 12.1 Å². The fourth-order valence-corrected chi connectivity index (χ4v) is 4.21. The van der Waals surface area contributed by atoms with Crippen LogP contribution >= 0.6 is 35.0 Å². The summed E-state index contributed by atoms with van der Waals surface area (Å²) in [6.07, 6.45) is 1.50. The quantitative estimate of drug-likeness (QED) is 0.167. The number of ether oxygens (including phenoxy) is 1. The van der Waals surface area contributed by atoms with Crippen LogP contribution in [-0.2, 0) is 4.79 Å². The molecule has 0 unspecified atom stereocenters. The first-order valence-electron chi connectivity index (χ1n) is 10.7. The molecule has 0 spiro atoms. The molecule has 1 amide bonds. The summed E-state index contributed by atoms with van der Waals surface area (Å²) in [5, 5.41) is 14.2. The molecule has 1 aromatic heterocycles. The summed E-state index contributed by atoms with van der Waals surface area (Å²) in [5.74, 6) is 1.27. The predicted molar refractivity (Wildman–Crippen MR) is 141 cm³/mol. The topological polar surface area (TPSA) is 81.4 Å². The Morgan fingerprint density at radius 3 is 2.54 bits per heavy atom. The number of hydrogen-bond acceptors (Lipinski definition) is 6. The van der Waals surface area contributed by atoms with Crippen LogP contribution in [0.4, 0.5) is 0 Å². The van der Waals surface area contributed by atoms with Crippen LogP contribution in [0.3, 0.4) is 0 Å². The van der Waals surface area contributed by atoms with E-state index in [-0.39, 0.29) is 11.7 Å². The summed E-state index contributed by atoms with van der Waals surface area (Å²) in [6.45, 7) is 2.53. The number of hydrogen-bond donors (Lipinski definition) is 1. The van der Waals surface area contributed by atoms with Gasteiger partial charge in [-0.15, -0.1) is 10.2 Å². The van der Waals surface area contributed by atoms with E-state index < -0.39 is 0 Å². The van der Waals surface area contributed by atoms with Crippen molar-refractivity contribution in [1.82, 2.24) is 20.2 Å². The third-order valence-corrected chi connectivity index (χ3v) is 6.42. The number of amides is 1. The second-order valence-electron chi connectivity index (χ2n) is 7.19. The largest absolute Gasteiger partial charge is 0.494 e. The summed E-state index contributed by atoms with van der Waals surface area (Å²) < 4.78 is 7.48. The average Bonchev–Trinajstić information content (AvgIpc) is 3.30. The molecule has 1 heterocycles. The molecular weight excluding hydrogens is 505 g/mol. The molecule has 0 saturated carbocycles. The molecule has 0 atom stereocenters. The van der Waals surface area contributed by atoms with Gasteiger partial charge in [0.15, 0.2) is 11.0 Å². The van der Waals surface area contributed by atoms with Gasteiger partial charge in [-0.25, -0.2) is 5.43 Å². The average molecular weight is 526 g/mol. The number of nitrogens with one attached hydrogen (secondary N) is 1. The van der Waals surface area contributed by atoms with Crippen molar-refractivity contribution in [3.63, 3.8) is 0 Å². The maximum Gasteiger partial charge on any atom is 0.250 e. The first-order chi connectivity index (χ1) is 17.0. The normalized spacial score (nSPS) is 11.1. The van der Waals surface area contributed by atoms with Crippen molar-refractivity contribution < 1.29 is 9.53 Å². The van der Waals surface area contributed by atoms with E-state index in [1.54, 1.807) is 18.2 Å². The highest BCUT2D eigenvalue weighted by Gasteiger charge is 2.17. The van der Waals surface area contributed by atoms with Gasteiger partial charge in [0.2, 0.25) is 0 Å². The van der Waals surface area contributed by atoms with E-state index in [2.05, 4.69) is 20.7 Å². The Kier molecular flexibility index (Phi) is 8.41. The molecule has 0 aliphatic rings. The van der Waals surface area contributed by atoms with E-state index in [0.29, 0.717) is 27.6 Å². The number of rotatable bonds is 9. The lowest BCUT2D eigenvalue weighted by molar-refractivity contribution is -0.118. The Bertz CT molecular complexity index is 1330. The SMILES string of the molecule is CCOc1ccc(-n2c(SCC(=O)NN=Cc3ccc(Cl)c(Cl)c3)nnc2-c2ccccc2)cc1. The van der Waals surface area contributed by atoms with Crippen molar-refractivity contribution in [3.05, 3.63) is 88.4 Å². The van der Waals surface area contributed by atoms with E-state index in [4.69, 9.17) is 27.9 Å². The first kappa shape index (κ1) is 24.8. The summed E-state index contributed by atoms with van der Waals surface area (Å²) in [6, 6.07) is 22.5. The standard InChI is InChI=1S/C25H21Cl2N5O2S/c1-2-34-20-11-9-19(10-12-20)32-24(18-6-4-3-5-7-18)30-31-25(32)35-16-23(33)29-28-15-17-8-13-21(26)22(27)14-17/h3-15H,2,16H2,1H3,(H,29,33). The Labute approximate surface area is 217 Å². The molecule has 0 saturated heterocycles. The Hall–Kier alpha value is -3.33. The summed E-state index contributed by atoms with van der Waals surface area (Å²) in [5.41, 5.74) is 5.00. The lowest BCUT2D eigenvalue weighted by atomic mass is 10.2. The van der Waals surface area contributed by atoms with Gasteiger partial charge < -0.3 is 4.74 Å². The summed E-state index contributed by atoms with van der Waals surface area (Å²) in [4.78, 5) is 12.4. The van der Waals surface area contributed by atoms with Crippen molar-refractivity contribution >= 4 is 47.1 Å². The highest BCUT2D eigenvalue weighted by molar-refractivity contribution is 7.99. The smallest absolute Gasteiger partial charge is 0.250 e. The minimum Gasteiger partial charge on any atom is -0.494 e. The molecule has 4 aromatic rings. The summed E-state index contributed by atoms with van der Waals surface area (Å²) >= 11 is 13.2. The van der Waals surface area contributed by atoms with Crippen LogP contribution in [0, 0.1) is 0 Å². The lowest BCUT2D eigenvalue weighted by Crippen LogP contribution is -2.20. The number of benzene rings is 3. The highest BCUT2D eigenvalue weighted by atomic mass is 35.5. The molecule has 4 rings (SSSR count). The third kappa shape index (κ3) is 6.42. The van der Waals surface area contributed by atoms with E-state index >= 15 is 0 Å². The monoisotopic (exact) mass is 525 g/mol. The summed E-state index contributed by atoms with van der Waals surface area (Å²) in [7, 11) is 0. The fourth-order valence-electron chi connectivity index (χ4n) is 3.16. The molecule has 0 radical (unpaired) electrons. The Morgan fingerprint density at radius 2 is 1.83 bits per heavy atom. The van der Waals surface area contributed by atoms with E-state index in [1.807, 2.05) is 66.1 Å². The maximum atomic E-state index is 12.4. The Balaban J connectivity index is 1.50. The molecule has 1 N–H and O–H groups in total. The highest BCUT2D eigenvalue weighted by Crippen LogP contribution is 2.29. The molecular formula is C25H21Cl2N5O2S. The second kappa shape index (κ2) is 11.9. The molecule has 10 heteroatoms. The van der Waals surface area contributed by atoms with E-state index in [0.717, 1.165) is 22.6 Å². The van der Waals surface area contributed by atoms with Crippen LogP contribution in [0.5, 0.6) is 5.75 Å². The molecule has 0 aliphatic heterocycles. The molecule has 0 fully saturated rings. The molecule has 35 heavy (non-hydrogen) atoms. The number of thioether (sulfide) groups is 1. The molecule has 7 nitrogen and oxygen atoms in total. The minimum absolute atomic E-state index is 0.0999. The number of carbonyl (C=O) groups excluding carboxylic acids is 1. The van der Waals surface area contributed by atoms with Gasteiger partial charge in [-0.1, -0.05) is 71.4 Å². The van der Waals surface area contributed by atoms with Crippen LogP contribution in [0.2, 0.25) is 10.0 Å². The van der Waals surface area contributed by atoms with Gasteiger partial charge in [0, 0.05) is 11.3 Å². The van der Waals surface area contributed by atoms with E-state index in [9.17, 15) is 4.79 Å². The van der Waals surface area contributed by atoms with Crippen molar-refractivity contribution in [1.29, 1.82) is 0 Å². The lowest BCUT2D eigenvalue weighted by Gasteiger charge is -2.11. The van der Waals surface area contributed by atoms with Gasteiger partial charge in [-0.05, 0) is 48.9 Å². The second-order valence-corrected chi connectivity index (χ2v) is 8.95. The van der Waals surface area contributed by atoms with Crippen LogP contribution in [0.15, 0.2) is 83.1 Å². The predicted octanol–water partition coefficient (Wildman–Crippen LogP) is 5.88. The zero-order valence-corrected chi connectivity index (χ0v) is 21.0. The zero-order valence-electron chi connectivity index (χ0n) is 18.7. The van der Waals surface area contributed by atoms with Gasteiger partial charge in [-0.3, -0.25) is 9.36 Å². The number of hydrazone groups is 1. The van der Waals surface area contributed by atoms with Crippen molar-refractivity contribution in [3.8, 4) is 22.8 Å². The minimum atomic E-state index is -0.284. The molecule has 3 aromatic carbocycles. The number of halogens is 2. The van der Waals surface area contributed by atoms with E-state index in [1.165, 1.54) is 18.0 Å². The first-order valence-corrected chi connectivity index (χ1v) is 12.4. The van der Waals surface area contributed by atoms with Gasteiger partial charge in [0.05, 0.1) is 28.6 Å².